The van der Waals surface area contributed by atoms with Crippen molar-refractivity contribution in [3.8, 4) is 11.5 Å². The van der Waals surface area contributed by atoms with E-state index in [1.807, 2.05) is 79.4 Å². The van der Waals surface area contributed by atoms with Crippen LogP contribution in [0.3, 0.4) is 0 Å². The monoisotopic (exact) mass is 498 g/mol. The van der Waals surface area contributed by atoms with Crippen molar-refractivity contribution < 1.29 is 19.1 Å². The molecule has 192 valence electrons. The van der Waals surface area contributed by atoms with Crippen molar-refractivity contribution in [3.05, 3.63) is 88.5 Å². The minimum Gasteiger partial charge on any atom is -0.490 e. The number of fused-ring (bicyclic) bond motifs is 4. The maximum Gasteiger partial charge on any atom is 0.254 e. The summed E-state index contributed by atoms with van der Waals surface area (Å²) in [7, 11) is 0. The summed E-state index contributed by atoms with van der Waals surface area (Å²) in [6.07, 6.45) is 0.692. The van der Waals surface area contributed by atoms with E-state index in [4.69, 9.17) is 9.47 Å². The molecule has 0 saturated heterocycles. The van der Waals surface area contributed by atoms with Gasteiger partial charge >= 0.3 is 0 Å². The molecule has 3 aromatic rings. The minimum atomic E-state index is -0.565. The quantitative estimate of drug-likeness (QED) is 0.429. The second-order valence-electron chi connectivity index (χ2n) is 9.89. The smallest absolute Gasteiger partial charge is 0.254 e. The number of nitrogens with zero attached hydrogens (tertiary/aromatic N) is 1. The van der Waals surface area contributed by atoms with Crippen LogP contribution in [0.2, 0.25) is 0 Å². The Kier molecular flexibility index (Phi) is 6.92. The summed E-state index contributed by atoms with van der Waals surface area (Å²) in [6.45, 7) is 9.73. The van der Waals surface area contributed by atoms with Crippen LogP contribution in [0.4, 0.5) is 5.69 Å². The highest BCUT2D eigenvalue weighted by Gasteiger charge is 2.46. The SMILES string of the molecule is CCOc1cc2c(cc1OCC)[C@H]1[C@H](C(=O)Nc3ccc(C(C)C)cc3)c3ccccc3C(=O)N1CC2. The van der Waals surface area contributed by atoms with Crippen LogP contribution in [0, 0.1) is 0 Å². The van der Waals surface area contributed by atoms with Gasteiger partial charge in [-0.25, -0.2) is 0 Å². The molecule has 5 rings (SSSR count). The maximum atomic E-state index is 14.0. The number of ether oxygens (including phenoxy) is 2. The van der Waals surface area contributed by atoms with Gasteiger partial charge in [0.25, 0.3) is 5.91 Å². The molecular formula is C31H34N2O4. The van der Waals surface area contributed by atoms with Crippen molar-refractivity contribution in [3.63, 3.8) is 0 Å². The molecule has 0 aromatic heterocycles. The first-order valence-electron chi connectivity index (χ1n) is 13.2. The number of anilines is 1. The molecule has 2 aliphatic heterocycles. The number of carbonyl (C=O) groups excluding carboxylic acids is 2. The molecule has 0 spiro atoms. The molecule has 0 saturated carbocycles. The fourth-order valence-electron chi connectivity index (χ4n) is 5.53. The zero-order valence-electron chi connectivity index (χ0n) is 21.9. The van der Waals surface area contributed by atoms with E-state index in [0.29, 0.717) is 49.2 Å². The molecule has 6 heteroatoms. The van der Waals surface area contributed by atoms with Crippen LogP contribution < -0.4 is 14.8 Å². The number of amides is 2. The number of nitrogens with one attached hydrogen (secondary N) is 1. The van der Waals surface area contributed by atoms with E-state index in [-0.39, 0.29) is 11.8 Å². The Morgan fingerprint density at radius 2 is 1.65 bits per heavy atom. The Morgan fingerprint density at radius 3 is 2.32 bits per heavy atom. The highest BCUT2D eigenvalue weighted by Crippen LogP contribution is 2.48. The molecule has 2 aliphatic rings. The van der Waals surface area contributed by atoms with Gasteiger partial charge in [-0.15, -0.1) is 0 Å². The lowest BCUT2D eigenvalue weighted by molar-refractivity contribution is -0.119. The summed E-state index contributed by atoms with van der Waals surface area (Å²) in [5.41, 5.74) is 5.33. The van der Waals surface area contributed by atoms with E-state index in [9.17, 15) is 9.59 Å². The maximum absolute atomic E-state index is 14.0. The van der Waals surface area contributed by atoms with E-state index in [2.05, 4.69) is 19.2 Å². The summed E-state index contributed by atoms with van der Waals surface area (Å²) in [5, 5.41) is 3.14. The lowest BCUT2D eigenvalue weighted by Crippen LogP contribution is -2.49. The fourth-order valence-corrected chi connectivity index (χ4v) is 5.53. The predicted molar refractivity (Wildman–Crippen MR) is 145 cm³/mol. The van der Waals surface area contributed by atoms with E-state index < -0.39 is 12.0 Å². The Hall–Kier alpha value is -3.80. The van der Waals surface area contributed by atoms with Crippen LogP contribution in [-0.2, 0) is 11.2 Å². The van der Waals surface area contributed by atoms with Crippen LogP contribution in [0.25, 0.3) is 0 Å². The van der Waals surface area contributed by atoms with Crippen molar-refractivity contribution in [2.45, 2.75) is 52.0 Å². The van der Waals surface area contributed by atoms with Gasteiger partial charge < -0.3 is 19.7 Å². The molecule has 2 atom stereocenters. The Bertz CT molecular complexity index is 1320. The standard InChI is InChI=1S/C31H34N2O4/c1-5-36-26-17-21-15-16-33-29(25(21)18-27(26)37-6-2)28(23-9-7-8-10-24(23)31(33)35)30(34)32-22-13-11-20(12-14-22)19(3)4/h7-14,17-19,28-29H,5-6,15-16H2,1-4H3,(H,32,34)/t28-,29+/m1/s1. The first-order chi connectivity index (χ1) is 17.9. The van der Waals surface area contributed by atoms with Crippen molar-refractivity contribution in [1.82, 2.24) is 4.90 Å². The average Bonchev–Trinajstić information content (AvgIpc) is 2.90. The predicted octanol–water partition coefficient (Wildman–Crippen LogP) is 6.08. The molecule has 3 aromatic carbocycles. The molecule has 0 unspecified atom stereocenters. The summed E-state index contributed by atoms with van der Waals surface area (Å²) in [6, 6.07) is 19.0. The second kappa shape index (κ2) is 10.3. The highest BCUT2D eigenvalue weighted by atomic mass is 16.5. The Balaban J connectivity index is 1.60. The van der Waals surface area contributed by atoms with E-state index in [0.717, 1.165) is 22.4 Å². The van der Waals surface area contributed by atoms with Crippen molar-refractivity contribution in [2.24, 2.45) is 0 Å². The summed E-state index contributed by atoms with van der Waals surface area (Å²) in [5.74, 6) is 1.01. The molecule has 2 heterocycles. The molecule has 0 radical (unpaired) electrons. The van der Waals surface area contributed by atoms with E-state index in [1.54, 1.807) is 0 Å². The van der Waals surface area contributed by atoms with Crippen LogP contribution >= 0.6 is 0 Å². The van der Waals surface area contributed by atoms with Gasteiger partial charge in [0.1, 0.15) is 0 Å². The number of benzene rings is 3. The average molecular weight is 499 g/mol. The molecule has 0 fully saturated rings. The number of carbonyl (C=O) groups is 2. The molecule has 1 N–H and O–H groups in total. The normalized spacial score (nSPS) is 18.1. The minimum absolute atomic E-state index is 0.0385. The first kappa shape index (κ1) is 24.9. The van der Waals surface area contributed by atoms with Gasteiger partial charge in [-0.2, -0.15) is 0 Å². The van der Waals surface area contributed by atoms with E-state index >= 15 is 0 Å². The van der Waals surface area contributed by atoms with Gasteiger partial charge in [0.2, 0.25) is 5.91 Å². The van der Waals surface area contributed by atoms with Gasteiger partial charge in [-0.1, -0.05) is 44.2 Å². The molecule has 6 nitrogen and oxygen atoms in total. The van der Waals surface area contributed by atoms with Crippen LogP contribution in [-0.4, -0.2) is 36.5 Å². The first-order valence-corrected chi connectivity index (χ1v) is 13.2. The Morgan fingerprint density at radius 1 is 0.973 bits per heavy atom. The lowest BCUT2D eigenvalue weighted by atomic mass is 9.75. The molecule has 2 amide bonds. The van der Waals surface area contributed by atoms with Gasteiger partial charge in [0, 0.05) is 17.8 Å². The van der Waals surface area contributed by atoms with Crippen LogP contribution in [0.1, 0.15) is 78.2 Å². The molecule has 0 bridgehead atoms. The van der Waals surface area contributed by atoms with Crippen molar-refractivity contribution in [1.29, 1.82) is 0 Å². The van der Waals surface area contributed by atoms with Gasteiger partial charge in [-0.05, 0) is 78.8 Å². The topological polar surface area (TPSA) is 67.9 Å². The summed E-state index contributed by atoms with van der Waals surface area (Å²) < 4.78 is 11.8. The summed E-state index contributed by atoms with van der Waals surface area (Å²) >= 11 is 0. The number of rotatable bonds is 7. The third-order valence-electron chi connectivity index (χ3n) is 7.31. The highest BCUT2D eigenvalue weighted by molar-refractivity contribution is 6.04. The molecule has 37 heavy (non-hydrogen) atoms. The fraction of sp³-hybridized carbons (Fsp3) is 0.355. The van der Waals surface area contributed by atoms with E-state index in [1.165, 1.54) is 5.56 Å². The molecule has 0 aliphatic carbocycles. The van der Waals surface area contributed by atoms with Crippen LogP contribution in [0.5, 0.6) is 11.5 Å². The van der Waals surface area contributed by atoms with Crippen molar-refractivity contribution in [2.75, 3.05) is 25.1 Å². The van der Waals surface area contributed by atoms with Crippen molar-refractivity contribution >= 4 is 17.5 Å². The van der Waals surface area contributed by atoms with Gasteiger partial charge in [-0.3, -0.25) is 9.59 Å². The largest absolute Gasteiger partial charge is 0.490 e. The lowest BCUT2D eigenvalue weighted by Gasteiger charge is -2.45. The Labute approximate surface area is 218 Å². The third kappa shape index (κ3) is 4.57. The number of hydrogen-bond donors (Lipinski definition) is 1. The molecular weight excluding hydrogens is 464 g/mol. The second-order valence-corrected chi connectivity index (χ2v) is 9.89. The van der Waals surface area contributed by atoms with Gasteiger partial charge in [0.15, 0.2) is 11.5 Å². The summed E-state index contributed by atoms with van der Waals surface area (Å²) in [4.78, 5) is 29.5. The van der Waals surface area contributed by atoms with Gasteiger partial charge in [0.05, 0.1) is 25.2 Å². The number of hydrogen-bond acceptors (Lipinski definition) is 4. The van der Waals surface area contributed by atoms with Crippen LogP contribution in [0.15, 0.2) is 60.7 Å². The zero-order chi connectivity index (χ0) is 26.1. The zero-order valence-corrected chi connectivity index (χ0v) is 21.9. The third-order valence-corrected chi connectivity index (χ3v) is 7.31.